The number of ether oxygens (including phenoxy) is 3. The lowest BCUT2D eigenvalue weighted by Gasteiger charge is -2.10. The van der Waals surface area contributed by atoms with Crippen LogP contribution in [-0.4, -0.2) is 62.9 Å². The Kier molecular flexibility index (Phi) is 5.22. The molecule has 0 aliphatic rings. The Morgan fingerprint density at radius 1 is 1.24 bits per heavy atom. The molecule has 4 aromatic heterocycles. The van der Waals surface area contributed by atoms with Gasteiger partial charge in [-0.2, -0.15) is 10.2 Å². The Bertz CT molecular complexity index is 1140. The third-order valence-electron chi connectivity index (χ3n) is 4.70. The third kappa shape index (κ3) is 3.24. The molecule has 4 heterocycles. The van der Waals surface area contributed by atoms with Crippen LogP contribution in [0.15, 0.2) is 18.5 Å². The second kappa shape index (κ2) is 7.82. The fraction of sp³-hybridized carbons (Fsp3) is 0.333. The Morgan fingerprint density at radius 2 is 2.07 bits per heavy atom. The molecule has 0 aliphatic heterocycles. The van der Waals surface area contributed by atoms with Gasteiger partial charge in [-0.15, -0.1) is 0 Å². The van der Waals surface area contributed by atoms with Crippen molar-refractivity contribution in [3.8, 4) is 28.5 Å². The average Bonchev–Trinajstić information content (AvgIpc) is 3.45. The van der Waals surface area contributed by atoms with Crippen LogP contribution in [0.3, 0.4) is 0 Å². The molecule has 0 radical (unpaired) electrons. The smallest absolute Gasteiger partial charge is 0.233 e. The Morgan fingerprint density at radius 3 is 2.72 bits per heavy atom. The molecule has 4 rings (SSSR count). The van der Waals surface area contributed by atoms with Gasteiger partial charge in [0.05, 0.1) is 31.1 Å². The van der Waals surface area contributed by atoms with Gasteiger partial charge in [-0.25, -0.2) is 9.97 Å². The van der Waals surface area contributed by atoms with Crippen molar-refractivity contribution in [3.05, 3.63) is 29.3 Å². The lowest BCUT2D eigenvalue weighted by molar-refractivity contribution is 0.0224. The number of aryl methyl sites for hydroxylation is 1. The Labute approximate surface area is 171 Å². The number of halogens is 1. The number of pyridine rings is 1. The molecule has 0 aromatic carbocycles. The van der Waals surface area contributed by atoms with Crippen molar-refractivity contribution in [3.63, 3.8) is 0 Å². The first kappa shape index (κ1) is 19.4. The molecule has 4 aromatic rings. The predicted octanol–water partition coefficient (Wildman–Crippen LogP) is 2.74. The van der Waals surface area contributed by atoms with Crippen molar-refractivity contribution in [1.82, 2.24) is 34.9 Å². The number of nitrogens with one attached hydrogen (secondary N) is 2. The minimum atomic E-state index is -0.360. The normalized spacial score (nSPS) is 12.6. The van der Waals surface area contributed by atoms with E-state index in [1.165, 1.54) is 7.11 Å². The highest BCUT2D eigenvalue weighted by molar-refractivity contribution is 6.32. The number of fused-ring (bicyclic) bond motifs is 1. The first-order valence-corrected chi connectivity index (χ1v) is 9.13. The Hall–Kier alpha value is -2.95. The fourth-order valence-corrected chi connectivity index (χ4v) is 3.53. The van der Waals surface area contributed by atoms with Gasteiger partial charge >= 0.3 is 0 Å². The molecular weight excluding hydrogens is 398 g/mol. The number of hydrogen-bond donors (Lipinski definition) is 2. The molecule has 0 unspecified atom stereocenters. The monoisotopic (exact) mass is 417 g/mol. The van der Waals surface area contributed by atoms with E-state index in [-0.39, 0.29) is 6.10 Å². The van der Waals surface area contributed by atoms with Gasteiger partial charge in [0.1, 0.15) is 16.6 Å². The molecule has 2 N–H and O–H groups in total. The first-order valence-electron chi connectivity index (χ1n) is 8.75. The highest BCUT2D eigenvalue weighted by Crippen LogP contribution is 2.40. The molecule has 0 bridgehead atoms. The van der Waals surface area contributed by atoms with Crippen LogP contribution in [0.2, 0.25) is 5.02 Å². The maximum absolute atomic E-state index is 6.32. The van der Waals surface area contributed by atoms with Gasteiger partial charge in [-0.3, -0.25) is 10.2 Å². The maximum Gasteiger partial charge on any atom is 0.233 e. The number of hydrogen-bond acceptors (Lipinski definition) is 7. The number of nitrogens with zero attached hydrogens (tertiary/aromatic N) is 5. The second-order valence-corrected chi connectivity index (χ2v) is 6.75. The zero-order chi connectivity index (χ0) is 20.5. The number of methoxy groups -OCH3 is 3. The summed E-state index contributed by atoms with van der Waals surface area (Å²) in [5.41, 5.74) is 3.93. The van der Waals surface area contributed by atoms with E-state index in [0.717, 1.165) is 22.3 Å². The van der Waals surface area contributed by atoms with E-state index < -0.39 is 0 Å². The number of rotatable bonds is 7. The molecule has 0 saturated carbocycles. The third-order valence-corrected chi connectivity index (χ3v) is 4.97. The van der Waals surface area contributed by atoms with Crippen LogP contribution in [-0.2, 0) is 16.5 Å². The van der Waals surface area contributed by atoms with Gasteiger partial charge in [-0.1, -0.05) is 11.6 Å². The van der Waals surface area contributed by atoms with Gasteiger partial charge in [0.25, 0.3) is 0 Å². The van der Waals surface area contributed by atoms with E-state index in [1.807, 2.05) is 17.7 Å². The summed E-state index contributed by atoms with van der Waals surface area (Å²) in [5.74, 6) is 1.40. The quantitative estimate of drug-likeness (QED) is 0.475. The van der Waals surface area contributed by atoms with E-state index in [0.29, 0.717) is 34.7 Å². The number of aromatic nitrogens is 7. The molecule has 0 spiro atoms. The SMILES string of the molecule is COC[C@H](OC)c1nc(-c2c(-c3cn[nH]c3)c3nc(OC)c(Cl)cc3n2C)n[nH]1. The summed E-state index contributed by atoms with van der Waals surface area (Å²) in [6, 6.07) is 1.81. The standard InChI is InChI=1S/C18H20ClN7O3/c1-26-11-5-10(19)18(29-4)22-14(11)13(9-6-20-21-7-9)15(26)17-23-16(24-25-17)12(28-3)8-27-2/h5-7,12H,8H2,1-4H3,(H,20,21)(H,23,24,25)/t12-/m0/s1. The molecule has 0 fully saturated rings. The van der Waals surface area contributed by atoms with Crippen LogP contribution in [0, 0.1) is 0 Å². The topological polar surface area (TPSA) is 116 Å². The predicted molar refractivity (Wildman–Crippen MR) is 107 cm³/mol. The van der Waals surface area contributed by atoms with Crippen molar-refractivity contribution < 1.29 is 14.2 Å². The van der Waals surface area contributed by atoms with Crippen molar-refractivity contribution in [2.24, 2.45) is 7.05 Å². The summed E-state index contributed by atoms with van der Waals surface area (Å²) in [6.07, 6.45) is 3.15. The van der Waals surface area contributed by atoms with Crippen LogP contribution < -0.4 is 4.74 Å². The van der Waals surface area contributed by atoms with Gasteiger partial charge < -0.3 is 18.8 Å². The second-order valence-electron chi connectivity index (χ2n) is 6.34. The fourth-order valence-electron chi connectivity index (χ4n) is 3.30. The largest absolute Gasteiger partial charge is 0.480 e. The average molecular weight is 418 g/mol. The summed E-state index contributed by atoms with van der Waals surface area (Å²) in [5, 5.41) is 14.7. The molecule has 0 aliphatic carbocycles. The van der Waals surface area contributed by atoms with E-state index in [4.69, 9.17) is 25.8 Å². The van der Waals surface area contributed by atoms with Gasteiger partial charge in [0, 0.05) is 38.6 Å². The zero-order valence-corrected chi connectivity index (χ0v) is 17.1. The molecule has 152 valence electrons. The summed E-state index contributed by atoms with van der Waals surface area (Å²) in [7, 11) is 6.64. The van der Waals surface area contributed by atoms with E-state index >= 15 is 0 Å². The minimum absolute atomic E-state index is 0.344. The van der Waals surface area contributed by atoms with Crippen LogP contribution in [0.5, 0.6) is 5.88 Å². The van der Waals surface area contributed by atoms with Crippen LogP contribution in [0.1, 0.15) is 11.9 Å². The molecule has 0 amide bonds. The summed E-state index contributed by atoms with van der Waals surface area (Å²) < 4.78 is 17.9. The summed E-state index contributed by atoms with van der Waals surface area (Å²) >= 11 is 6.32. The molecule has 1 atom stereocenters. The lowest BCUT2D eigenvalue weighted by Crippen LogP contribution is -2.10. The first-order chi connectivity index (χ1) is 14.1. The maximum atomic E-state index is 6.32. The molecule has 29 heavy (non-hydrogen) atoms. The van der Waals surface area contributed by atoms with Gasteiger partial charge in [-0.05, 0) is 6.07 Å². The lowest BCUT2D eigenvalue weighted by atomic mass is 10.1. The molecule has 0 saturated heterocycles. The van der Waals surface area contributed by atoms with Crippen molar-refractivity contribution >= 4 is 22.6 Å². The highest BCUT2D eigenvalue weighted by atomic mass is 35.5. The van der Waals surface area contributed by atoms with Crippen LogP contribution >= 0.6 is 11.6 Å². The van der Waals surface area contributed by atoms with Crippen LogP contribution in [0.25, 0.3) is 33.7 Å². The molecule has 10 nitrogen and oxygen atoms in total. The van der Waals surface area contributed by atoms with E-state index in [1.54, 1.807) is 26.6 Å². The van der Waals surface area contributed by atoms with Crippen LogP contribution in [0.4, 0.5) is 0 Å². The highest BCUT2D eigenvalue weighted by Gasteiger charge is 2.26. The van der Waals surface area contributed by atoms with Crippen molar-refractivity contribution in [2.45, 2.75) is 6.10 Å². The molecule has 11 heteroatoms. The zero-order valence-electron chi connectivity index (χ0n) is 16.4. The van der Waals surface area contributed by atoms with E-state index in [9.17, 15) is 0 Å². The molecular formula is C18H20ClN7O3. The number of H-pyrrole nitrogens is 2. The Balaban J connectivity index is 1.96. The van der Waals surface area contributed by atoms with Crippen molar-refractivity contribution in [2.75, 3.05) is 27.9 Å². The van der Waals surface area contributed by atoms with Crippen molar-refractivity contribution in [1.29, 1.82) is 0 Å². The van der Waals surface area contributed by atoms with Gasteiger partial charge in [0.2, 0.25) is 5.88 Å². The number of aromatic amines is 2. The summed E-state index contributed by atoms with van der Waals surface area (Å²) in [4.78, 5) is 9.26. The van der Waals surface area contributed by atoms with E-state index in [2.05, 4.69) is 30.4 Å². The van der Waals surface area contributed by atoms with Gasteiger partial charge in [0.15, 0.2) is 11.6 Å². The minimum Gasteiger partial charge on any atom is -0.480 e. The summed E-state index contributed by atoms with van der Waals surface area (Å²) in [6.45, 7) is 0.350.